The molecule has 0 aliphatic carbocycles. The third kappa shape index (κ3) is 4.30. The SMILES string of the molecule is CC(OC(=O)c1cc(-c2cccnc2)nc2ccccc12)C(=O)Nc1ccccc1C#N. The minimum absolute atomic E-state index is 0.298. The molecule has 1 amide bonds. The van der Waals surface area contributed by atoms with Gasteiger partial charge in [0.25, 0.3) is 5.91 Å². The first-order chi connectivity index (χ1) is 15.6. The highest BCUT2D eigenvalue weighted by Crippen LogP contribution is 2.25. The fourth-order valence-electron chi connectivity index (χ4n) is 3.21. The number of benzene rings is 2. The highest BCUT2D eigenvalue weighted by atomic mass is 16.5. The smallest absolute Gasteiger partial charge is 0.339 e. The number of carbonyl (C=O) groups excluding carboxylic acids is 2. The largest absolute Gasteiger partial charge is 0.449 e. The zero-order chi connectivity index (χ0) is 22.5. The van der Waals surface area contributed by atoms with Gasteiger partial charge in [-0.2, -0.15) is 5.26 Å². The van der Waals surface area contributed by atoms with Gasteiger partial charge < -0.3 is 10.1 Å². The molecule has 0 aliphatic heterocycles. The summed E-state index contributed by atoms with van der Waals surface area (Å²) in [5, 5.41) is 12.4. The number of nitrogens with one attached hydrogen (secondary N) is 1. The molecule has 0 aliphatic rings. The maximum Gasteiger partial charge on any atom is 0.339 e. The van der Waals surface area contributed by atoms with Gasteiger partial charge in [0.05, 0.1) is 28.0 Å². The number of nitrogens with zero attached hydrogens (tertiary/aromatic N) is 3. The standard InChI is InChI=1S/C25H18N4O3/c1-16(24(30)29-21-10-4-2-7-17(21)14-26)32-25(31)20-13-23(18-8-6-12-27-15-18)28-22-11-5-3-9-19(20)22/h2-13,15-16H,1H3,(H,29,30). The van der Waals surface area contributed by atoms with E-state index in [1.165, 1.54) is 6.92 Å². The Kier molecular flexibility index (Phi) is 5.86. The van der Waals surface area contributed by atoms with Gasteiger partial charge in [0.15, 0.2) is 6.10 Å². The molecule has 0 saturated carbocycles. The molecule has 7 heteroatoms. The molecule has 156 valence electrons. The second-order valence-corrected chi connectivity index (χ2v) is 7.01. The number of nitriles is 1. The summed E-state index contributed by atoms with van der Waals surface area (Å²) in [6.45, 7) is 1.48. The molecular weight excluding hydrogens is 404 g/mol. The van der Waals surface area contributed by atoms with Crippen LogP contribution in [0.4, 0.5) is 5.69 Å². The van der Waals surface area contributed by atoms with Crippen LogP contribution in [0.3, 0.4) is 0 Å². The monoisotopic (exact) mass is 422 g/mol. The Labute approximate surface area is 184 Å². The molecule has 7 nitrogen and oxygen atoms in total. The van der Waals surface area contributed by atoms with E-state index >= 15 is 0 Å². The van der Waals surface area contributed by atoms with Crippen LogP contribution in [0.1, 0.15) is 22.8 Å². The second kappa shape index (κ2) is 9.06. The number of para-hydroxylation sites is 2. The van der Waals surface area contributed by atoms with Gasteiger partial charge in [0.1, 0.15) is 6.07 Å². The Hall–Kier alpha value is -4.57. The molecule has 1 N–H and O–H groups in total. The molecule has 0 spiro atoms. The topological polar surface area (TPSA) is 105 Å². The van der Waals surface area contributed by atoms with E-state index in [1.54, 1.807) is 67.0 Å². The summed E-state index contributed by atoms with van der Waals surface area (Å²) in [6, 6.07) is 21.1. The lowest BCUT2D eigenvalue weighted by molar-refractivity contribution is -0.123. The lowest BCUT2D eigenvalue weighted by Crippen LogP contribution is -2.30. The van der Waals surface area contributed by atoms with Gasteiger partial charge in [0, 0.05) is 23.3 Å². The molecule has 2 aromatic carbocycles. The molecular formula is C25H18N4O3. The second-order valence-electron chi connectivity index (χ2n) is 7.01. The predicted octanol–water partition coefficient (Wildman–Crippen LogP) is 4.35. The summed E-state index contributed by atoms with van der Waals surface area (Å²) in [4.78, 5) is 34.3. The van der Waals surface area contributed by atoms with Crippen LogP contribution >= 0.6 is 0 Å². The van der Waals surface area contributed by atoms with Crippen LogP contribution < -0.4 is 5.32 Å². The fourth-order valence-corrected chi connectivity index (χ4v) is 3.21. The van der Waals surface area contributed by atoms with Crippen LogP contribution in [0.15, 0.2) is 79.1 Å². The molecule has 4 aromatic rings. The zero-order valence-corrected chi connectivity index (χ0v) is 17.1. The van der Waals surface area contributed by atoms with Gasteiger partial charge >= 0.3 is 5.97 Å². The van der Waals surface area contributed by atoms with Crippen molar-refractivity contribution in [2.24, 2.45) is 0 Å². The van der Waals surface area contributed by atoms with Crippen molar-refractivity contribution in [3.63, 3.8) is 0 Å². The van der Waals surface area contributed by atoms with Crippen molar-refractivity contribution in [1.82, 2.24) is 9.97 Å². The van der Waals surface area contributed by atoms with E-state index in [9.17, 15) is 14.9 Å². The molecule has 0 radical (unpaired) electrons. The van der Waals surface area contributed by atoms with Gasteiger partial charge in [-0.3, -0.25) is 9.78 Å². The van der Waals surface area contributed by atoms with Crippen molar-refractivity contribution >= 4 is 28.5 Å². The first kappa shape index (κ1) is 20.7. The van der Waals surface area contributed by atoms with E-state index in [0.717, 1.165) is 5.56 Å². The number of amides is 1. The van der Waals surface area contributed by atoms with E-state index in [2.05, 4.69) is 15.3 Å². The number of esters is 1. The fraction of sp³-hybridized carbons (Fsp3) is 0.0800. The molecule has 0 fully saturated rings. The van der Waals surface area contributed by atoms with Crippen molar-refractivity contribution in [3.05, 3.63) is 90.3 Å². The lowest BCUT2D eigenvalue weighted by atomic mass is 10.0. The number of ether oxygens (including phenoxy) is 1. The van der Waals surface area contributed by atoms with E-state index in [0.29, 0.717) is 33.4 Å². The number of pyridine rings is 2. The zero-order valence-electron chi connectivity index (χ0n) is 17.1. The molecule has 4 rings (SSSR count). The quantitative estimate of drug-likeness (QED) is 0.479. The summed E-state index contributed by atoms with van der Waals surface area (Å²) >= 11 is 0. The highest BCUT2D eigenvalue weighted by Gasteiger charge is 2.22. The lowest BCUT2D eigenvalue weighted by Gasteiger charge is -2.15. The Balaban J connectivity index is 1.61. The first-order valence-electron chi connectivity index (χ1n) is 9.88. The molecule has 0 saturated heterocycles. The number of fused-ring (bicyclic) bond motifs is 1. The molecule has 1 unspecified atom stereocenters. The van der Waals surface area contributed by atoms with E-state index < -0.39 is 18.0 Å². The maximum atomic E-state index is 13.0. The van der Waals surface area contributed by atoms with E-state index in [-0.39, 0.29) is 0 Å². The number of aromatic nitrogens is 2. The number of anilines is 1. The average molecular weight is 422 g/mol. The highest BCUT2D eigenvalue weighted by molar-refractivity contribution is 6.06. The van der Waals surface area contributed by atoms with Gasteiger partial charge in [-0.15, -0.1) is 0 Å². The molecule has 2 aromatic heterocycles. The number of hydrogen-bond donors (Lipinski definition) is 1. The summed E-state index contributed by atoms with van der Waals surface area (Å²) in [5.41, 5.74) is 2.93. The number of hydrogen-bond acceptors (Lipinski definition) is 6. The Morgan fingerprint density at radius 3 is 2.62 bits per heavy atom. The molecule has 32 heavy (non-hydrogen) atoms. The van der Waals surface area contributed by atoms with Crippen molar-refractivity contribution < 1.29 is 14.3 Å². The normalized spacial score (nSPS) is 11.4. The van der Waals surface area contributed by atoms with Gasteiger partial charge in [0.2, 0.25) is 0 Å². The Morgan fingerprint density at radius 2 is 1.84 bits per heavy atom. The average Bonchev–Trinajstić information content (AvgIpc) is 2.84. The van der Waals surface area contributed by atoms with Crippen molar-refractivity contribution in [1.29, 1.82) is 5.26 Å². The van der Waals surface area contributed by atoms with Crippen molar-refractivity contribution in [3.8, 4) is 17.3 Å². The van der Waals surface area contributed by atoms with Crippen LogP contribution in [-0.4, -0.2) is 27.9 Å². The maximum absolute atomic E-state index is 13.0. The third-order valence-electron chi connectivity index (χ3n) is 4.85. The van der Waals surface area contributed by atoms with Gasteiger partial charge in [-0.05, 0) is 43.3 Å². The van der Waals surface area contributed by atoms with Crippen LogP contribution in [0, 0.1) is 11.3 Å². The van der Waals surface area contributed by atoms with Crippen LogP contribution in [-0.2, 0) is 9.53 Å². The van der Waals surface area contributed by atoms with Gasteiger partial charge in [-0.25, -0.2) is 9.78 Å². The Morgan fingerprint density at radius 1 is 1.06 bits per heavy atom. The van der Waals surface area contributed by atoms with Crippen LogP contribution in [0.2, 0.25) is 0 Å². The van der Waals surface area contributed by atoms with Crippen LogP contribution in [0.5, 0.6) is 0 Å². The van der Waals surface area contributed by atoms with E-state index in [1.807, 2.05) is 18.2 Å². The summed E-state index contributed by atoms with van der Waals surface area (Å²) in [5.74, 6) is -1.18. The summed E-state index contributed by atoms with van der Waals surface area (Å²) in [6.07, 6.45) is 2.24. The third-order valence-corrected chi connectivity index (χ3v) is 4.85. The minimum Gasteiger partial charge on any atom is -0.449 e. The van der Waals surface area contributed by atoms with Gasteiger partial charge in [-0.1, -0.05) is 30.3 Å². The predicted molar refractivity (Wildman–Crippen MR) is 120 cm³/mol. The summed E-state index contributed by atoms with van der Waals surface area (Å²) in [7, 11) is 0. The van der Waals surface area contributed by atoms with Crippen LogP contribution in [0.25, 0.3) is 22.2 Å². The first-order valence-corrected chi connectivity index (χ1v) is 9.88. The van der Waals surface area contributed by atoms with Crippen molar-refractivity contribution in [2.75, 3.05) is 5.32 Å². The molecule has 2 heterocycles. The summed E-state index contributed by atoms with van der Waals surface area (Å²) < 4.78 is 5.47. The number of carbonyl (C=O) groups is 2. The van der Waals surface area contributed by atoms with E-state index in [4.69, 9.17) is 4.74 Å². The number of rotatable bonds is 5. The molecule has 1 atom stereocenters. The molecule has 0 bridgehead atoms. The minimum atomic E-state index is -1.08. The Bertz CT molecular complexity index is 1350. The van der Waals surface area contributed by atoms with Crippen molar-refractivity contribution in [2.45, 2.75) is 13.0 Å².